The topological polar surface area (TPSA) is 34.1 Å². The maximum absolute atomic E-state index is 15.2. The average molecular weight is 364 g/mol. The molecule has 3 aromatic carbocycles. The van der Waals surface area contributed by atoms with Gasteiger partial charge in [-0.3, -0.25) is 0 Å². The van der Waals surface area contributed by atoms with Gasteiger partial charge in [0.05, 0.1) is 4.90 Å². The standard InChI is InChI=1S/C22H17FO2S/c23-22(26(24,25)20-14-8-3-9-15-20)21(19-12-6-2-7-13-19)17-16-18-10-4-1-5-11-18/h1-17H/b17-16+,22-21+. The lowest BCUT2D eigenvalue weighted by molar-refractivity contribution is 0.578. The Labute approximate surface area is 152 Å². The van der Waals surface area contributed by atoms with Crippen LogP contribution in [0, 0.1) is 0 Å². The monoisotopic (exact) mass is 364 g/mol. The van der Waals surface area contributed by atoms with E-state index in [1.165, 1.54) is 18.2 Å². The maximum atomic E-state index is 15.2. The van der Waals surface area contributed by atoms with Gasteiger partial charge in [0, 0.05) is 5.57 Å². The zero-order valence-electron chi connectivity index (χ0n) is 13.9. The SMILES string of the molecule is O=S(=O)(/C(F)=C(\C=C\c1ccccc1)c1ccccc1)c1ccccc1. The summed E-state index contributed by atoms with van der Waals surface area (Å²) < 4.78 is 40.5. The number of rotatable bonds is 5. The number of sulfone groups is 1. The van der Waals surface area contributed by atoms with Gasteiger partial charge in [-0.25, -0.2) is 8.42 Å². The molecular formula is C22H17FO2S. The fourth-order valence-electron chi connectivity index (χ4n) is 2.48. The van der Waals surface area contributed by atoms with Crippen molar-refractivity contribution in [1.82, 2.24) is 0 Å². The Kier molecular flexibility index (Phi) is 5.44. The first-order chi connectivity index (χ1) is 12.6. The highest BCUT2D eigenvalue weighted by Gasteiger charge is 2.24. The minimum atomic E-state index is -4.23. The van der Waals surface area contributed by atoms with Crippen LogP contribution < -0.4 is 0 Å². The molecule has 0 atom stereocenters. The zero-order valence-corrected chi connectivity index (χ0v) is 14.7. The number of allylic oxidation sites excluding steroid dienone is 2. The second-order valence-corrected chi connectivity index (χ2v) is 7.45. The van der Waals surface area contributed by atoms with Crippen molar-refractivity contribution in [2.75, 3.05) is 0 Å². The van der Waals surface area contributed by atoms with Crippen molar-refractivity contribution in [3.05, 3.63) is 113 Å². The molecule has 2 nitrogen and oxygen atoms in total. The lowest BCUT2D eigenvalue weighted by atomic mass is 10.1. The molecule has 0 aliphatic rings. The number of benzene rings is 3. The molecule has 130 valence electrons. The third-order valence-electron chi connectivity index (χ3n) is 3.83. The Morgan fingerprint density at radius 3 is 1.81 bits per heavy atom. The van der Waals surface area contributed by atoms with E-state index in [1.54, 1.807) is 54.6 Å². The van der Waals surface area contributed by atoms with Crippen LogP contribution in [-0.4, -0.2) is 8.42 Å². The number of halogens is 1. The molecule has 0 unspecified atom stereocenters. The Hall–Kier alpha value is -2.98. The van der Waals surface area contributed by atoms with Gasteiger partial charge in [-0.15, -0.1) is 0 Å². The first-order valence-electron chi connectivity index (χ1n) is 8.07. The average Bonchev–Trinajstić information content (AvgIpc) is 2.70. The molecule has 0 N–H and O–H groups in total. The summed E-state index contributed by atoms with van der Waals surface area (Å²) in [7, 11) is -4.23. The van der Waals surface area contributed by atoms with E-state index in [0.717, 1.165) is 5.56 Å². The van der Waals surface area contributed by atoms with Crippen LogP contribution in [0.5, 0.6) is 0 Å². The van der Waals surface area contributed by atoms with E-state index in [2.05, 4.69) is 0 Å². The van der Waals surface area contributed by atoms with Crippen molar-refractivity contribution in [2.45, 2.75) is 4.90 Å². The summed E-state index contributed by atoms with van der Waals surface area (Å²) >= 11 is 0. The van der Waals surface area contributed by atoms with Gasteiger partial charge in [-0.1, -0.05) is 91.0 Å². The van der Waals surface area contributed by atoms with E-state index in [1.807, 2.05) is 30.3 Å². The maximum Gasteiger partial charge on any atom is 0.233 e. The number of hydrogen-bond acceptors (Lipinski definition) is 2. The molecule has 3 rings (SSSR count). The fourth-order valence-corrected chi connectivity index (χ4v) is 3.68. The van der Waals surface area contributed by atoms with Crippen LogP contribution in [0.15, 0.2) is 107 Å². The van der Waals surface area contributed by atoms with Crippen molar-refractivity contribution < 1.29 is 12.8 Å². The van der Waals surface area contributed by atoms with Crippen molar-refractivity contribution in [2.24, 2.45) is 0 Å². The highest BCUT2D eigenvalue weighted by Crippen LogP contribution is 2.30. The Morgan fingerprint density at radius 1 is 0.731 bits per heavy atom. The predicted molar refractivity (Wildman–Crippen MR) is 104 cm³/mol. The third kappa shape index (κ3) is 3.98. The summed E-state index contributed by atoms with van der Waals surface area (Å²) in [5.41, 5.74) is 1.38. The van der Waals surface area contributed by atoms with Crippen LogP contribution in [0.2, 0.25) is 0 Å². The van der Waals surface area contributed by atoms with Gasteiger partial charge >= 0.3 is 0 Å². The lowest BCUT2D eigenvalue weighted by Gasteiger charge is -2.08. The first kappa shape index (κ1) is 17.8. The molecular weight excluding hydrogens is 347 g/mol. The van der Waals surface area contributed by atoms with Crippen LogP contribution in [0.4, 0.5) is 4.39 Å². The first-order valence-corrected chi connectivity index (χ1v) is 9.56. The zero-order chi connectivity index (χ0) is 18.4. The molecule has 3 aromatic rings. The van der Waals surface area contributed by atoms with Crippen LogP contribution in [0.1, 0.15) is 11.1 Å². The predicted octanol–water partition coefficient (Wildman–Crippen LogP) is 5.51. The molecule has 0 amide bonds. The van der Waals surface area contributed by atoms with Gasteiger partial charge in [0.2, 0.25) is 15.0 Å². The normalized spacial score (nSPS) is 12.8. The summed E-state index contributed by atoms with van der Waals surface area (Å²) in [4.78, 5) is -0.0703. The second kappa shape index (κ2) is 7.93. The summed E-state index contributed by atoms with van der Waals surface area (Å²) in [5, 5.41) is -1.16. The molecule has 0 aromatic heterocycles. The minimum Gasteiger partial charge on any atom is -0.216 e. The molecule has 4 heteroatoms. The molecule has 0 heterocycles. The third-order valence-corrected chi connectivity index (χ3v) is 5.41. The molecule has 0 aliphatic heterocycles. The van der Waals surface area contributed by atoms with Gasteiger partial charge in [0.1, 0.15) is 0 Å². The Morgan fingerprint density at radius 2 is 1.23 bits per heavy atom. The molecule has 26 heavy (non-hydrogen) atoms. The summed E-state index contributed by atoms with van der Waals surface area (Å²) in [6.45, 7) is 0. The van der Waals surface area contributed by atoms with Gasteiger partial charge in [0.25, 0.3) is 0 Å². The van der Waals surface area contributed by atoms with E-state index in [0.29, 0.717) is 5.56 Å². The van der Waals surface area contributed by atoms with E-state index < -0.39 is 15.0 Å². The van der Waals surface area contributed by atoms with E-state index in [-0.39, 0.29) is 10.5 Å². The highest BCUT2D eigenvalue weighted by atomic mass is 32.2. The Bertz CT molecular complexity index is 1020. The van der Waals surface area contributed by atoms with Crippen molar-refractivity contribution in [1.29, 1.82) is 0 Å². The van der Waals surface area contributed by atoms with Crippen LogP contribution in [0.3, 0.4) is 0 Å². The van der Waals surface area contributed by atoms with Crippen molar-refractivity contribution in [3.8, 4) is 0 Å². The lowest BCUT2D eigenvalue weighted by Crippen LogP contribution is -2.03. The van der Waals surface area contributed by atoms with Crippen LogP contribution in [0.25, 0.3) is 11.6 Å². The minimum absolute atomic E-state index is 0.0262. The highest BCUT2D eigenvalue weighted by molar-refractivity contribution is 7.95. The summed E-state index contributed by atoms with van der Waals surface area (Å²) in [6.07, 6.45) is 3.20. The van der Waals surface area contributed by atoms with Gasteiger partial charge in [0.15, 0.2) is 0 Å². The smallest absolute Gasteiger partial charge is 0.216 e. The molecule has 0 saturated heterocycles. The summed E-state index contributed by atoms with van der Waals surface area (Å²) in [6, 6.07) is 25.6. The number of hydrogen-bond donors (Lipinski definition) is 0. The van der Waals surface area contributed by atoms with Gasteiger partial charge < -0.3 is 0 Å². The molecule has 0 spiro atoms. The fraction of sp³-hybridized carbons (Fsp3) is 0. The van der Waals surface area contributed by atoms with Crippen LogP contribution >= 0.6 is 0 Å². The quantitative estimate of drug-likeness (QED) is 0.559. The molecule has 0 saturated carbocycles. The molecule has 0 fully saturated rings. The van der Waals surface area contributed by atoms with E-state index >= 15 is 4.39 Å². The van der Waals surface area contributed by atoms with Gasteiger partial charge in [-0.05, 0) is 23.3 Å². The largest absolute Gasteiger partial charge is 0.233 e. The second-order valence-electron chi connectivity index (χ2n) is 5.61. The molecule has 0 bridgehead atoms. The Balaban J connectivity index is 2.13. The van der Waals surface area contributed by atoms with Crippen molar-refractivity contribution >= 4 is 21.5 Å². The van der Waals surface area contributed by atoms with Gasteiger partial charge in [-0.2, -0.15) is 4.39 Å². The summed E-state index contributed by atoms with van der Waals surface area (Å²) in [5.74, 6) is 0. The van der Waals surface area contributed by atoms with Crippen molar-refractivity contribution in [3.63, 3.8) is 0 Å². The van der Waals surface area contributed by atoms with Crippen LogP contribution in [-0.2, 0) is 9.84 Å². The van der Waals surface area contributed by atoms with E-state index in [4.69, 9.17) is 0 Å². The van der Waals surface area contributed by atoms with E-state index in [9.17, 15) is 8.42 Å². The molecule has 0 radical (unpaired) electrons. The molecule has 0 aliphatic carbocycles.